The van der Waals surface area contributed by atoms with Crippen molar-refractivity contribution in [2.24, 2.45) is 0 Å². The van der Waals surface area contributed by atoms with Gasteiger partial charge in [0.05, 0.1) is 6.61 Å². The molecule has 0 aromatic heterocycles. The van der Waals surface area contributed by atoms with Crippen molar-refractivity contribution >= 4 is 0 Å². The average Bonchev–Trinajstić information content (AvgIpc) is 2.18. The fourth-order valence-electron chi connectivity index (χ4n) is 2.08. The van der Waals surface area contributed by atoms with Gasteiger partial charge in [-0.3, -0.25) is 0 Å². The van der Waals surface area contributed by atoms with E-state index in [1.165, 1.54) is 16.7 Å². The molecule has 2 rings (SSSR count). The Hall–Kier alpha value is -0.860. The lowest BCUT2D eigenvalue weighted by Crippen LogP contribution is -2.33. The Kier molecular flexibility index (Phi) is 2.85. The predicted molar refractivity (Wildman–Crippen MR) is 57.2 cm³/mol. The Morgan fingerprint density at radius 1 is 1.50 bits per heavy atom. The number of ether oxygens (including phenoxy) is 1. The first-order chi connectivity index (χ1) is 6.81. The van der Waals surface area contributed by atoms with E-state index in [0.29, 0.717) is 6.04 Å². The summed E-state index contributed by atoms with van der Waals surface area (Å²) in [5.41, 5.74) is 4.24. The highest BCUT2D eigenvalue weighted by atomic mass is 16.5. The van der Waals surface area contributed by atoms with Gasteiger partial charge in [-0.15, -0.1) is 0 Å². The van der Waals surface area contributed by atoms with E-state index in [1.54, 1.807) is 7.11 Å². The molecule has 1 N–H and O–H groups in total. The maximum atomic E-state index is 5.19. The normalized spacial score (nSPS) is 20.6. The molecule has 1 atom stereocenters. The third-order valence-corrected chi connectivity index (χ3v) is 2.82. The molecule has 0 aliphatic carbocycles. The largest absolute Gasteiger partial charge is 0.380 e. The van der Waals surface area contributed by atoms with Crippen LogP contribution in [0, 0.1) is 0 Å². The number of nitrogens with one attached hydrogen (secondary N) is 1. The zero-order valence-corrected chi connectivity index (χ0v) is 8.84. The lowest BCUT2D eigenvalue weighted by atomic mass is 9.93. The van der Waals surface area contributed by atoms with Crippen molar-refractivity contribution < 1.29 is 4.74 Å². The molecule has 0 fully saturated rings. The molecule has 0 amide bonds. The second-order valence-electron chi connectivity index (χ2n) is 3.97. The second kappa shape index (κ2) is 4.11. The summed E-state index contributed by atoms with van der Waals surface area (Å²) in [5, 5.41) is 3.48. The van der Waals surface area contributed by atoms with Gasteiger partial charge in [0.15, 0.2) is 0 Å². The summed E-state index contributed by atoms with van der Waals surface area (Å²) in [6, 6.07) is 7.11. The fraction of sp³-hybridized carbons (Fsp3) is 0.500. The van der Waals surface area contributed by atoms with E-state index in [4.69, 9.17) is 4.74 Å². The first kappa shape index (κ1) is 9.69. The number of methoxy groups -OCH3 is 1. The Labute approximate surface area is 85.3 Å². The quantitative estimate of drug-likeness (QED) is 0.770. The number of rotatable bonds is 2. The topological polar surface area (TPSA) is 21.3 Å². The highest BCUT2D eigenvalue weighted by molar-refractivity contribution is 5.37. The van der Waals surface area contributed by atoms with Gasteiger partial charge in [-0.05, 0) is 30.0 Å². The summed E-state index contributed by atoms with van der Waals surface area (Å²) in [5.74, 6) is 0. The fourth-order valence-corrected chi connectivity index (χ4v) is 2.08. The van der Waals surface area contributed by atoms with Gasteiger partial charge in [0.2, 0.25) is 0 Å². The van der Waals surface area contributed by atoms with Gasteiger partial charge in [0, 0.05) is 19.7 Å². The van der Waals surface area contributed by atoms with E-state index in [1.807, 2.05) is 0 Å². The van der Waals surface area contributed by atoms with Crippen molar-refractivity contribution in [3.8, 4) is 0 Å². The Morgan fingerprint density at radius 3 is 3.14 bits per heavy atom. The van der Waals surface area contributed by atoms with E-state index in [2.05, 4.69) is 30.4 Å². The molecular formula is C12H17NO. The molecule has 0 bridgehead atoms. The molecule has 1 aromatic rings. The van der Waals surface area contributed by atoms with E-state index < -0.39 is 0 Å². The van der Waals surface area contributed by atoms with Crippen LogP contribution < -0.4 is 5.32 Å². The summed E-state index contributed by atoms with van der Waals surface area (Å²) < 4.78 is 5.19. The van der Waals surface area contributed by atoms with Crippen molar-refractivity contribution in [3.05, 3.63) is 34.9 Å². The predicted octanol–water partition coefficient (Wildman–Crippen LogP) is 1.87. The molecule has 0 spiro atoms. The molecule has 0 saturated carbocycles. The Balaban J connectivity index is 2.31. The van der Waals surface area contributed by atoms with Crippen LogP contribution in [0.1, 0.15) is 23.6 Å². The molecule has 1 aromatic carbocycles. The van der Waals surface area contributed by atoms with E-state index in [9.17, 15) is 0 Å². The summed E-state index contributed by atoms with van der Waals surface area (Å²) in [4.78, 5) is 0. The number of fused-ring (bicyclic) bond motifs is 1. The van der Waals surface area contributed by atoms with Crippen molar-refractivity contribution in [2.45, 2.75) is 32.5 Å². The minimum absolute atomic E-state index is 0.597. The van der Waals surface area contributed by atoms with Crippen LogP contribution in [-0.2, 0) is 24.3 Å². The molecule has 1 aliphatic rings. The average molecular weight is 191 g/mol. The van der Waals surface area contributed by atoms with Crippen molar-refractivity contribution in [3.63, 3.8) is 0 Å². The van der Waals surface area contributed by atoms with Gasteiger partial charge < -0.3 is 10.1 Å². The standard InChI is InChI=1S/C12H17NO/c1-9-6-10-4-3-5-11(8-14-2)12(10)7-13-9/h3-5,9,13H,6-8H2,1-2H3. The van der Waals surface area contributed by atoms with Crippen LogP contribution in [0.15, 0.2) is 18.2 Å². The van der Waals surface area contributed by atoms with Crippen LogP contribution in [0.2, 0.25) is 0 Å². The van der Waals surface area contributed by atoms with Gasteiger partial charge >= 0.3 is 0 Å². The lowest BCUT2D eigenvalue weighted by molar-refractivity contribution is 0.183. The maximum Gasteiger partial charge on any atom is 0.0716 e. The summed E-state index contributed by atoms with van der Waals surface area (Å²) in [6.45, 7) is 3.93. The van der Waals surface area contributed by atoms with Crippen LogP contribution >= 0.6 is 0 Å². The third kappa shape index (κ3) is 1.81. The molecule has 2 heteroatoms. The number of hydrogen-bond acceptors (Lipinski definition) is 2. The van der Waals surface area contributed by atoms with Gasteiger partial charge in [0.1, 0.15) is 0 Å². The molecule has 1 aliphatic heterocycles. The van der Waals surface area contributed by atoms with Crippen LogP contribution in [0.5, 0.6) is 0 Å². The zero-order chi connectivity index (χ0) is 9.97. The smallest absolute Gasteiger partial charge is 0.0716 e. The molecule has 1 heterocycles. The molecule has 76 valence electrons. The van der Waals surface area contributed by atoms with Gasteiger partial charge in [-0.2, -0.15) is 0 Å². The second-order valence-corrected chi connectivity index (χ2v) is 3.97. The van der Waals surface area contributed by atoms with Crippen molar-refractivity contribution in [1.29, 1.82) is 0 Å². The van der Waals surface area contributed by atoms with Gasteiger partial charge in [-0.25, -0.2) is 0 Å². The molecule has 2 nitrogen and oxygen atoms in total. The number of hydrogen-bond donors (Lipinski definition) is 1. The van der Waals surface area contributed by atoms with Crippen LogP contribution in [0.4, 0.5) is 0 Å². The molecule has 14 heavy (non-hydrogen) atoms. The van der Waals surface area contributed by atoms with Crippen LogP contribution in [0.25, 0.3) is 0 Å². The maximum absolute atomic E-state index is 5.19. The van der Waals surface area contributed by atoms with E-state index >= 15 is 0 Å². The SMILES string of the molecule is COCc1cccc2c1CNC(C)C2. The highest BCUT2D eigenvalue weighted by Gasteiger charge is 2.16. The monoisotopic (exact) mass is 191 g/mol. The van der Waals surface area contributed by atoms with Crippen molar-refractivity contribution in [2.75, 3.05) is 7.11 Å². The van der Waals surface area contributed by atoms with Crippen LogP contribution in [-0.4, -0.2) is 13.2 Å². The lowest BCUT2D eigenvalue weighted by Gasteiger charge is -2.25. The molecular weight excluding hydrogens is 174 g/mol. The van der Waals surface area contributed by atoms with E-state index in [-0.39, 0.29) is 0 Å². The van der Waals surface area contributed by atoms with Gasteiger partial charge in [0.25, 0.3) is 0 Å². The Bertz CT molecular complexity index is 308. The molecule has 0 saturated heterocycles. The van der Waals surface area contributed by atoms with Gasteiger partial charge in [-0.1, -0.05) is 18.2 Å². The zero-order valence-electron chi connectivity index (χ0n) is 8.84. The van der Waals surface area contributed by atoms with Crippen LogP contribution in [0.3, 0.4) is 0 Å². The number of benzene rings is 1. The van der Waals surface area contributed by atoms with E-state index in [0.717, 1.165) is 19.6 Å². The minimum atomic E-state index is 0.597. The molecule has 1 unspecified atom stereocenters. The summed E-state index contributed by atoms with van der Waals surface area (Å²) >= 11 is 0. The first-order valence-corrected chi connectivity index (χ1v) is 5.13. The summed E-state index contributed by atoms with van der Waals surface area (Å²) in [6.07, 6.45) is 1.13. The first-order valence-electron chi connectivity index (χ1n) is 5.13. The molecule has 0 radical (unpaired) electrons. The summed E-state index contributed by atoms with van der Waals surface area (Å²) in [7, 11) is 1.75. The van der Waals surface area contributed by atoms with Crippen molar-refractivity contribution in [1.82, 2.24) is 5.32 Å². The Morgan fingerprint density at radius 2 is 2.36 bits per heavy atom. The minimum Gasteiger partial charge on any atom is -0.380 e. The third-order valence-electron chi connectivity index (χ3n) is 2.82. The highest BCUT2D eigenvalue weighted by Crippen LogP contribution is 2.21.